The van der Waals surface area contributed by atoms with Crippen LogP contribution in [-0.2, 0) is 15.4 Å². The summed E-state index contributed by atoms with van der Waals surface area (Å²) in [6.45, 7) is 10.4. The highest BCUT2D eigenvalue weighted by molar-refractivity contribution is 7.92. The zero-order chi connectivity index (χ0) is 29.2. The normalized spacial score (nSPS) is 12.4. The molecule has 0 aliphatic heterocycles. The van der Waals surface area contributed by atoms with E-state index < -0.39 is 10.0 Å². The minimum absolute atomic E-state index is 0.130. The summed E-state index contributed by atoms with van der Waals surface area (Å²) in [6, 6.07) is 5.47. The zero-order valence-corrected chi connectivity index (χ0v) is 26.9. The van der Waals surface area contributed by atoms with Crippen molar-refractivity contribution in [1.82, 2.24) is 19.8 Å². The summed E-state index contributed by atoms with van der Waals surface area (Å²) in [5, 5.41) is 8.36. The van der Waals surface area contributed by atoms with Gasteiger partial charge in [-0.1, -0.05) is 129 Å². The molecule has 0 radical (unpaired) electrons. The molecule has 9 heteroatoms. The fourth-order valence-electron chi connectivity index (χ4n) is 5.05. The van der Waals surface area contributed by atoms with E-state index in [1.54, 1.807) is 16.8 Å². The Hall–Kier alpha value is -2.06. The molecule has 2 aromatic heterocycles. The quantitative estimate of drug-likeness (QED) is 0.144. The number of rotatable bonds is 18. The van der Waals surface area contributed by atoms with Gasteiger partial charge in [-0.25, -0.2) is 13.4 Å². The minimum Gasteiger partial charge on any atom is -0.284 e. The maximum atomic E-state index is 12.8. The third-order valence-corrected chi connectivity index (χ3v) is 9.24. The first-order valence-electron chi connectivity index (χ1n) is 15.3. The molecule has 7 nitrogen and oxygen atoms in total. The number of sulfonamides is 1. The van der Waals surface area contributed by atoms with E-state index in [1.807, 2.05) is 13.0 Å². The van der Waals surface area contributed by atoms with Crippen LogP contribution in [0.15, 0.2) is 18.2 Å². The van der Waals surface area contributed by atoms with Crippen molar-refractivity contribution in [3.05, 3.63) is 34.5 Å². The van der Waals surface area contributed by atoms with Gasteiger partial charge in [-0.15, -0.1) is 5.10 Å². The van der Waals surface area contributed by atoms with Crippen LogP contribution in [0.4, 0.5) is 5.69 Å². The first-order valence-corrected chi connectivity index (χ1v) is 17.3. The Labute approximate surface area is 246 Å². The molecular formula is C31H50ClN5O2S. The number of aromatic amines is 1. The Morgan fingerprint density at radius 1 is 0.900 bits per heavy atom. The number of fused-ring (bicyclic) bond motifs is 1. The molecule has 0 unspecified atom stereocenters. The Balaban J connectivity index is 1.41. The number of aryl methyl sites for hydroxylation is 1. The van der Waals surface area contributed by atoms with Crippen molar-refractivity contribution in [1.29, 1.82) is 0 Å². The fourth-order valence-corrected chi connectivity index (χ4v) is 6.67. The second kappa shape index (κ2) is 15.2. The number of nitrogens with one attached hydrogen (secondary N) is 2. The van der Waals surface area contributed by atoms with Crippen LogP contribution in [0.2, 0.25) is 5.02 Å². The monoisotopic (exact) mass is 591 g/mol. The summed E-state index contributed by atoms with van der Waals surface area (Å²) in [4.78, 5) is 4.65. The van der Waals surface area contributed by atoms with Gasteiger partial charge in [0, 0.05) is 16.7 Å². The number of aromatic nitrogens is 4. The first kappa shape index (κ1) is 32.5. The lowest BCUT2D eigenvalue weighted by atomic mass is 9.92. The highest BCUT2D eigenvalue weighted by atomic mass is 35.5. The molecule has 3 rings (SSSR count). The van der Waals surface area contributed by atoms with Gasteiger partial charge >= 0.3 is 0 Å². The van der Waals surface area contributed by atoms with E-state index in [0.29, 0.717) is 28.6 Å². The number of benzene rings is 1. The van der Waals surface area contributed by atoms with Gasteiger partial charge in [0.05, 0.1) is 11.4 Å². The lowest BCUT2D eigenvalue weighted by Crippen LogP contribution is -2.16. The van der Waals surface area contributed by atoms with Crippen LogP contribution in [-0.4, -0.2) is 34.0 Å². The summed E-state index contributed by atoms with van der Waals surface area (Å²) in [5.74, 6) is 0.629. The molecule has 224 valence electrons. The number of hydrogen-bond acceptors (Lipinski definition) is 4. The molecular weight excluding hydrogens is 542 g/mol. The summed E-state index contributed by atoms with van der Waals surface area (Å²) in [5.41, 5.74) is 3.51. The molecule has 0 aliphatic carbocycles. The van der Waals surface area contributed by atoms with Gasteiger partial charge in [-0.2, -0.15) is 4.63 Å². The molecule has 0 bridgehead atoms. The van der Waals surface area contributed by atoms with Crippen molar-refractivity contribution in [2.75, 3.05) is 10.5 Å². The Morgan fingerprint density at radius 3 is 1.98 bits per heavy atom. The molecule has 0 fully saturated rings. The molecule has 0 aliphatic rings. The van der Waals surface area contributed by atoms with E-state index in [0.717, 1.165) is 29.7 Å². The minimum atomic E-state index is -3.43. The van der Waals surface area contributed by atoms with Crippen LogP contribution >= 0.6 is 11.6 Å². The maximum Gasteiger partial charge on any atom is 0.232 e. The van der Waals surface area contributed by atoms with Gasteiger partial charge < -0.3 is 0 Å². The molecule has 0 amide bonds. The molecule has 1 aromatic carbocycles. The van der Waals surface area contributed by atoms with Gasteiger partial charge in [0.15, 0.2) is 11.5 Å². The van der Waals surface area contributed by atoms with Crippen molar-refractivity contribution >= 4 is 33.0 Å². The van der Waals surface area contributed by atoms with E-state index in [2.05, 4.69) is 47.6 Å². The SMILES string of the molecule is CCCCCCCCCCCCCCCCS(=O)(=O)Nc1ccc(C)c(-c2nc3c(Cl)c(C(C)(C)C)[nH]n3n2)c1. The summed E-state index contributed by atoms with van der Waals surface area (Å²) in [6.07, 6.45) is 17.4. The van der Waals surface area contributed by atoms with Crippen LogP contribution in [0.25, 0.3) is 17.0 Å². The molecule has 2 N–H and O–H groups in total. The Bertz CT molecular complexity index is 1310. The van der Waals surface area contributed by atoms with Crippen molar-refractivity contribution in [3.63, 3.8) is 0 Å². The topological polar surface area (TPSA) is 92.1 Å². The average Bonchev–Trinajstić information content (AvgIpc) is 3.44. The number of H-pyrrole nitrogens is 1. The average molecular weight is 592 g/mol. The molecule has 0 atom stereocenters. The molecule has 2 heterocycles. The predicted molar refractivity (Wildman–Crippen MR) is 169 cm³/mol. The highest BCUT2D eigenvalue weighted by Gasteiger charge is 2.24. The highest BCUT2D eigenvalue weighted by Crippen LogP contribution is 2.33. The molecule has 3 aromatic rings. The number of unbranched alkanes of at least 4 members (excludes halogenated alkanes) is 13. The second-order valence-corrected chi connectivity index (χ2v) is 14.5. The van der Waals surface area contributed by atoms with Crippen LogP contribution in [0, 0.1) is 6.92 Å². The predicted octanol–water partition coefficient (Wildman–Crippen LogP) is 9.21. The molecule has 0 saturated carbocycles. The third kappa shape index (κ3) is 9.79. The van der Waals surface area contributed by atoms with Gasteiger partial charge in [-0.05, 0) is 31.0 Å². The number of anilines is 1. The number of hydrogen-bond donors (Lipinski definition) is 2. The summed E-state index contributed by atoms with van der Waals surface area (Å²) < 4.78 is 29.8. The van der Waals surface area contributed by atoms with Crippen LogP contribution in [0.3, 0.4) is 0 Å². The van der Waals surface area contributed by atoms with Gasteiger partial charge in [0.1, 0.15) is 5.02 Å². The van der Waals surface area contributed by atoms with Gasteiger partial charge in [0.2, 0.25) is 10.0 Å². The van der Waals surface area contributed by atoms with Gasteiger partial charge in [-0.3, -0.25) is 9.82 Å². The van der Waals surface area contributed by atoms with E-state index in [4.69, 9.17) is 11.6 Å². The number of halogens is 1. The van der Waals surface area contributed by atoms with Crippen molar-refractivity contribution in [3.8, 4) is 11.4 Å². The fraction of sp³-hybridized carbons (Fsp3) is 0.677. The van der Waals surface area contributed by atoms with Crippen LogP contribution < -0.4 is 4.72 Å². The van der Waals surface area contributed by atoms with E-state index in [9.17, 15) is 8.42 Å². The van der Waals surface area contributed by atoms with Crippen molar-refractivity contribution in [2.45, 2.75) is 130 Å². The Morgan fingerprint density at radius 2 is 1.45 bits per heavy atom. The lowest BCUT2D eigenvalue weighted by molar-refractivity contribution is 0.537. The van der Waals surface area contributed by atoms with E-state index in [-0.39, 0.29) is 11.2 Å². The van der Waals surface area contributed by atoms with Crippen LogP contribution in [0.5, 0.6) is 0 Å². The molecule has 0 saturated heterocycles. The van der Waals surface area contributed by atoms with Crippen LogP contribution in [0.1, 0.15) is 129 Å². The molecule has 0 spiro atoms. The van der Waals surface area contributed by atoms with E-state index >= 15 is 0 Å². The van der Waals surface area contributed by atoms with Crippen molar-refractivity contribution in [2.24, 2.45) is 0 Å². The standard InChI is InChI=1S/C31H50ClN5O2S/c1-6-7-8-9-10-11-12-13-14-15-16-17-18-19-22-40(38,39)36-25-21-20-24(2)26(23-25)29-33-30-27(32)28(31(3,4)5)34-37(30)35-29/h20-21,23,34,36H,6-19,22H2,1-5H3. The summed E-state index contributed by atoms with van der Waals surface area (Å²) in [7, 11) is -3.43. The number of nitrogens with zero attached hydrogens (tertiary/aromatic N) is 3. The van der Waals surface area contributed by atoms with Gasteiger partial charge in [0.25, 0.3) is 0 Å². The molecule has 40 heavy (non-hydrogen) atoms. The largest absolute Gasteiger partial charge is 0.284 e. The summed E-state index contributed by atoms with van der Waals surface area (Å²) >= 11 is 6.59. The first-order chi connectivity index (χ1) is 19.0. The lowest BCUT2D eigenvalue weighted by Gasteiger charge is -2.16. The second-order valence-electron chi connectivity index (χ2n) is 12.3. The smallest absolute Gasteiger partial charge is 0.232 e. The third-order valence-electron chi connectivity index (χ3n) is 7.51. The van der Waals surface area contributed by atoms with Crippen molar-refractivity contribution < 1.29 is 8.42 Å². The maximum absolute atomic E-state index is 12.8. The van der Waals surface area contributed by atoms with E-state index in [1.165, 1.54) is 70.6 Å². The Kier molecular flexibility index (Phi) is 12.4. The zero-order valence-electron chi connectivity index (χ0n) is 25.3.